The van der Waals surface area contributed by atoms with Crippen LogP contribution in [0.4, 0.5) is 5.69 Å². The molecule has 0 saturated carbocycles. The van der Waals surface area contributed by atoms with Gasteiger partial charge in [0.25, 0.3) is 0 Å². The van der Waals surface area contributed by atoms with E-state index in [0.717, 1.165) is 5.69 Å². The average Bonchev–Trinajstić information content (AvgIpc) is 2.09. The standard InChI is InChI=1S/C11H13N/c1-2-3-4-5-10-6-8-11(12)9-7-10/h2-9H,12H2,1H3/b3-2+,5-4?. The van der Waals surface area contributed by atoms with Crippen LogP contribution < -0.4 is 5.73 Å². The van der Waals surface area contributed by atoms with Crippen molar-refractivity contribution in [2.75, 3.05) is 5.73 Å². The minimum absolute atomic E-state index is 0.804. The van der Waals surface area contributed by atoms with Crippen LogP contribution in [-0.4, -0.2) is 0 Å². The summed E-state index contributed by atoms with van der Waals surface area (Å²) in [6.45, 7) is 1.99. The molecule has 0 aromatic heterocycles. The first-order valence-electron chi connectivity index (χ1n) is 3.98. The first-order valence-corrected chi connectivity index (χ1v) is 3.98. The van der Waals surface area contributed by atoms with Crippen LogP contribution in [0.1, 0.15) is 12.5 Å². The number of benzene rings is 1. The predicted molar refractivity (Wildman–Crippen MR) is 54.7 cm³/mol. The molecule has 1 nitrogen and oxygen atoms in total. The van der Waals surface area contributed by atoms with Crippen molar-refractivity contribution >= 4 is 11.8 Å². The molecule has 1 aromatic carbocycles. The normalized spacial score (nSPS) is 11.4. The zero-order chi connectivity index (χ0) is 8.81. The lowest BCUT2D eigenvalue weighted by atomic mass is 10.2. The molecule has 1 heteroatoms. The van der Waals surface area contributed by atoms with Gasteiger partial charge in [-0.15, -0.1) is 0 Å². The zero-order valence-electron chi connectivity index (χ0n) is 7.20. The Morgan fingerprint density at radius 1 is 1.08 bits per heavy atom. The molecule has 12 heavy (non-hydrogen) atoms. The van der Waals surface area contributed by atoms with Gasteiger partial charge in [0.05, 0.1) is 0 Å². The molecule has 0 unspecified atom stereocenters. The number of hydrogen-bond donors (Lipinski definition) is 1. The number of hydrogen-bond acceptors (Lipinski definition) is 1. The van der Waals surface area contributed by atoms with Gasteiger partial charge in [-0.3, -0.25) is 0 Å². The molecule has 2 N–H and O–H groups in total. The molecule has 0 aliphatic carbocycles. The molecule has 0 spiro atoms. The van der Waals surface area contributed by atoms with Crippen molar-refractivity contribution in [1.29, 1.82) is 0 Å². The van der Waals surface area contributed by atoms with E-state index < -0.39 is 0 Å². The zero-order valence-corrected chi connectivity index (χ0v) is 7.20. The smallest absolute Gasteiger partial charge is 0.0314 e. The summed E-state index contributed by atoms with van der Waals surface area (Å²) in [6, 6.07) is 7.79. The fourth-order valence-corrected chi connectivity index (χ4v) is 0.885. The maximum atomic E-state index is 5.54. The molecule has 0 fully saturated rings. The van der Waals surface area contributed by atoms with E-state index >= 15 is 0 Å². The fourth-order valence-electron chi connectivity index (χ4n) is 0.885. The van der Waals surface area contributed by atoms with Gasteiger partial charge < -0.3 is 5.73 Å². The summed E-state index contributed by atoms with van der Waals surface area (Å²) >= 11 is 0. The van der Waals surface area contributed by atoms with E-state index in [1.54, 1.807) is 0 Å². The Bertz CT molecular complexity index is 280. The van der Waals surface area contributed by atoms with Gasteiger partial charge in [-0.25, -0.2) is 0 Å². The Morgan fingerprint density at radius 3 is 2.33 bits per heavy atom. The van der Waals surface area contributed by atoms with Gasteiger partial charge in [0.15, 0.2) is 0 Å². The summed E-state index contributed by atoms with van der Waals surface area (Å²) in [7, 11) is 0. The Kier molecular flexibility index (Phi) is 3.15. The Labute approximate surface area is 73.2 Å². The lowest BCUT2D eigenvalue weighted by Crippen LogP contribution is -1.82. The maximum Gasteiger partial charge on any atom is 0.0314 e. The molecule has 0 aliphatic rings. The molecule has 1 rings (SSSR count). The maximum absolute atomic E-state index is 5.54. The number of allylic oxidation sites excluding steroid dienone is 3. The number of rotatable bonds is 2. The van der Waals surface area contributed by atoms with Crippen molar-refractivity contribution in [3.05, 3.63) is 48.1 Å². The summed E-state index contributed by atoms with van der Waals surface area (Å²) in [5.74, 6) is 0. The number of nitrogens with two attached hydrogens (primary N) is 1. The first-order chi connectivity index (χ1) is 5.83. The Balaban J connectivity index is 2.70. The highest BCUT2D eigenvalue weighted by molar-refractivity contribution is 5.54. The molecular weight excluding hydrogens is 146 g/mol. The van der Waals surface area contributed by atoms with Crippen LogP contribution in [0.5, 0.6) is 0 Å². The van der Waals surface area contributed by atoms with Crippen molar-refractivity contribution in [2.24, 2.45) is 0 Å². The second-order valence-corrected chi connectivity index (χ2v) is 2.55. The molecule has 1 aromatic rings. The van der Waals surface area contributed by atoms with E-state index in [-0.39, 0.29) is 0 Å². The highest BCUT2D eigenvalue weighted by Crippen LogP contribution is 2.06. The van der Waals surface area contributed by atoms with Crippen molar-refractivity contribution in [3.8, 4) is 0 Å². The third-order valence-corrected chi connectivity index (χ3v) is 1.53. The highest BCUT2D eigenvalue weighted by atomic mass is 14.5. The molecule has 0 aliphatic heterocycles. The SMILES string of the molecule is C/C=C/C=Cc1ccc(N)cc1. The van der Waals surface area contributed by atoms with Crippen LogP contribution in [0.2, 0.25) is 0 Å². The summed E-state index contributed by atoms with van der Waals surface area (Å²) in [5, 5.41) is 0. The van der Waals surface area contributed by atoms with E-state index in [4.69, 9.17) is 5.73 Å². The quantitative estimate of drug-likeness (QED) is 0.521. The third-order valence-electron chi connectivity index (χ3n) is 1.53. The molecule has 62 valence electrons. The van der Waals surface area contributed by atoms with Crippen molar-refractivity contribution < 1.29 is 0 Å². The largest absolute Gasteiger partial charge is 0.399 e. The predicted octanol–water partition coefficient (Wildman–Crippen LogP) is 2.86. The van der Waals surface area contributed by atoms with Crippen LogP contribution in [0.15, 0.2) is 42.5 Å². The molecule has 0 bridgehead atoms. The molecule has 0 amide bonds. The van der Waals surface area contributed by atoms with Gasteiger partial charge in [0.2, 0.25) is 0 Å². The Morgan fingerprint density at radius 2 is 1.75 bits per heavy atom. The molecule has 0 atom stereocenters. The summed E-state index contributed by atoms with van der Waals surface area (Å²) < 4.78 is 0. The minimum Gasteiger partial charge on any atom is -0.399 e. The fraction of sp³-hybridized carbons (Fsp3) is 0.0909. The van der Waals surface area contributed by atoms with E-state index in [9.17, 15) is 0 Å². The van der Waals surface area contributed by atoms with Crippen LogP contribution >= 0.6 is 0 Å². The third kappa shape index (κ3) is 2.62. The van der Waals surface area contributed by atoms with Crippen LogP contribution in [0, 0.1) is 0 Å². The first kappa shape index (κ1) is 8.60. The van der Waals surface area contributed by atoms with Crippen molar-refractivity contribution in [2.45, 2.75) is 6.92 Å². The van der Waals surface area contributed by atoms with Crippen LogP contribution in [0.3, 0.4) is 0 Å². The van der Waals surface area contributed by atoms with Gasteiger partial charge in [0, 0.05) is 5.69 Å². The van der Waals surface area contributed by atoms with E-state index in [0.29, 0.717) is 0 Å². The van der Waals surface area contributed by atoms with Gasteiger partial charge in [-0.2, -0.15) is 0 Å². The van der Waals surface area contributed by atoms with Gasteiger partial charge in [-0.1, -0.05) is 36.4 Å². The lowest BCUT2D eigenvalue weighted by molar-refractivity contribution is 1.64. The van der Waals surface area contributed by atoms with Gasteiger partial charge in [-0.05, 0) is 24.6 Å². The van der Waals surface area contributed by atoms with Crippen molar-refractivity contribution in [3.63, 3.8) is 0 Å². The summed E-state index contributed by atoms with van der Waals surface area (Å²) in [6.07, 6.45) is 8.04. The monoisotopic (exact) mass is 159 g/mol. The van der Waals surface area contributed by atoms with E-state index in [2.05, 4.69) is 0 Å². The number of anilines is 1. The highest BCUT2D eigenvalue weighted by Gasteiger charge is 1.84. The van der Waals surface area contributed by atoms with Crippen molar-refractivity contribution in [1.82, 2.24) is 0 Å². The van der Waals surface area contributed by atoms with E-state index in [1.165, 1.54) is 5.56 Å². The number of nitrogen functional groups attached to an aromatic ring is 1. The molecule has 0 saturated heterocycles. The topological polar surface area (TPSA) is 26.0 Å². The molecule has 0 radical (unpaired) electrons. The van der Waals surface area contributed by atoms with Gasteiger partial charge in [0.1, 0.15) is 0 Å². The summed E-state index contributed by atoms with van der Waals surface area (Å²) in [5.41, 5.74) is 7.52. The second kappa shape index (κ2) is 4.39. The lowest BCUT2D eigenvalue weighted by Gasteiger charge is -1.92. The minimum atomic E-state index is 0.804. The average molecular weight is 159 g/mol. The Hall–Kier alpha value is -1.50. The van der Waals surface area contributed by atoms with E-state index in [1.807, 2.05) is 55.5 Å². The molecular formula is C11H13N. The molecule has 0 heterocycles. The van der Waals surface area contributed by atoms with Gasteiger partial charge >= 0.3 is 0 Å². The second-order valence-electron chi connectivity index (χ2n) is 2.55. The van der Waals surface area contributed by atoms with Crippen LogP contribution in [-0.2, 0) is 0 Å². The van der Waals surface area contributed by atoms with Crippen LogP contribution in [0.25, 0.3) is 6.08 Å². The summed E-state index contributed by atoms with van der Waals surface area (Å²) in [4.78, 5) is 0.